The van der Waals surface area contributed by atoms with Crippen LogP contribution in [0.15, 0.2) is 0 Å². The van der Waals surface area contributed by atoms with E-state index in [1.54, 1.807) is 0 Å². The average Bonchev–Trinajstić information content (AvgIpc) is 2.44. The number of hydrogen-bond acceptors (Lipinski definition) is 2. The summed E-state index contributed by atoms with van der Waals surface area (Å²) in [6.45, 7) is 0. The third-order valence-corrected chi connectivity index (χ3v) is 3.44. The Morgan fingerprint density at radius 2 is 2.18 bits per heavy atom. The zero-order valence-electron chi connectivity index (χ0n) is 6.71. The molecule has 0 aromatic carbocycles. The van der Waals surface area contributed by atoms with Crippen molar-refractivity contribution in [3.63, 3.8) is 0 Å². The minimum absolute atomic E-state index is 0.465. The molecule has 2 nitrogen and oxygen atoms in total. The molecule has 2 heteroatoms. The predicted octanol–water partition coefficient (Wildman–Crippen LogP) is 1.42. The van der Waals surface area contributed by atoms with Crippen LogP contribution in [0.5, 0.6) is 0 Å². The zero-order chi connectivity index (χ0) is 7.90. The van der Waals surface area contributed by atoms with Gasteiger partial charge in [0, 0.05) is 0 Å². The molecule has 60 valence electrons. The Hall–Kier alpha value is -0.550. The van der Waals surface area contributed by atoms with E-state index < -0.39 is 5.54 Å². The molecule has 0 saturated heterocycles. The van der Waals surface area contributed by atoms with Crippen molar-refractivity contribution in [3.8, 4) is 6.07 Å². The number of nitrogens with zero attached hydrogens (tertiary/aromatic N) is 1. The van der Waals surface area contributed by atoms with E-state index in [-0.39, 0.29) is 0 Å². The van der Waals surface area contributed by atoms with Gasteiger partial charge in [-0.15, -0.1) is 0 Å². The van der Waals surface area contributed by atoms with Crippen molar-refractivity contribution < 1.29 is 0 Å². The summed E-state index contributed by atoms with van der Waals surface area (Å²) in [6.07, 6.45) is 5.82. The lowest BCUT2D eigenvalue weighted by molar-refractivity contribution is 0.254. The fourth-order valence-corrected chi connectivity index (χ4v) is 2.60. The van der Waals surface area contributed by atoms with Crippen molar-refractivity contribution in [3.05, 3.63) is 0 Å². The minimum atomic E-state index is -0.465. The van der Waals surface area contributed by atoms with Crippen LogP contribution in [0, 0.1) is 23.2 Å². The molecule has 0 spiro atoms. The summed E-state index contributed by atoms with van der Waals surface area (Å²) in [4.78, 5) is 0. The van der Waals surface area contributed by atoms with E-state index in [0.717, 1.165) is 12.3 Å². The summed E-state index contributed by atoms with van der Waals surface area (Å²) < 4.78 is 0. The van der Waals surface area contributed by atoms with Gasteiger partial charge in [-0.1, -0.05) is 6.42 Å². The monoisotopic (exact) mass is 150 g/mol. The second kappa shape index (κ2) is 2.22. The molecule has 2 bridgehead atoms. The van der Waals surface area contributed by atoms with Crippen molar-refractivity contribution in [2.75, 3.05) is 0 Å². The first kappa shape index (κ1) is 7.12. The molecule has 0 unspecified atom stereocenters. The minimum Gasteiger partial charge on any atom is -0.313 e. The first-order valence-corrected chi connectivity index (χ1v) is 4.45. The van der Waals surface area contributed by atoms with Gasteiger partial charge in [0.2, 0.25) is 0 Å². The zero-order valence-corrected chi connectivity index (χ0v) is 6.71. The Morgan fingerprint density at radius 3 is 2.91 bits per heavy atom. The second-order valence-corrected chi connectivity index (χ2v) is 4.07. The van der Waals surface area contributed by atoms with Crippen molar-refractivity contribution in [2.45, 2.75) is 37.6 Å². The van der Waals surface area contributed by atoms with Crippen molar-refractivity contribution in [2.24, 2.45) is 17.6 Å². The van der Waals surface area contributed by atoms with Crippen LogP contribution in [0.1, 0.15) is 32.1 Å². The summed E-state index contributed by atoms with van der Waals surface area (Å²) in [7, 11) is 0. The van der Waals surface area contributed by atoms with Gasteiger partial charge in [-0.2, -0.15) is 5.26 Å². The van der Waals surface area contributed by atoms with Crippen molar-refractivity contribution >= 4 is 0 Å². The third-order valence-electron chi connectivity index (χ3n) is 3.44. The largest absolute Gasteiger partial charge is 0.313 e. The van der Waals surface area contributed by atoms with Gasteiger partial charge in [-0.3, -0.25) is 0 Å². The molecule has 0 amide bonds. The predicted molar refractivity (Wildman–Crippen MR) is 42.6 cm³/mol. The summed E-state index contributed by atoms with van der Waals surface area (Å²) >= 11 is 0. The van der Waals surface area contributed by atoms with Gasteiger partial charge >= 0.3 is 0 Å². The van der Waals surface area contributed by atoms with Gasteiger partial charge in [-0.25, -0.2) is 0 Å². The Labute approximate surface area is 67.4 Å². The first-order chi connectivity index (χ1) is 5.24. The molecule has 2 saturated carbocycles. The number of nitrogens with two attached hydrogens (primary N) is 1. The number of nitriles is 1. The molecule has 0 aromatic heterocycles. The second-order valence-electron chi connectivity index (χ2n) is 4.07. The SMILES string of the molecule is N#C[C@]1(N)CC[C@@H]2CC[C@H]1C2. The lowest BCUT2D eigenvalue weighted by atomic mass is 9.75. The van der Waals surface area contributed by atoms with E-state index in [1.807, 2.05) is 0 Å². The first-order valence-electron chi connectivity index (χ1n) is 4.45. The normalized spacial score (nSPS) is 48.7. The van der Waals surface area contributed by atoms with Crippen LogP contribution in [0.3, 0.4) is 0 Å². The van der Waals surface area contributed by atoms with Gasteiger partial charge in [0.1, 0.15) is 5.54 Å². The van der Waals surface area contributed by atoms with E-state index in [9.17, 15) is 0 Å². The van der Waals surface area contributed by atoms with Crippen LogP contribution in [0.2, 0.25) is 0 Å². The molecule has 0 aromatic rings. The van der Waals surface area contributed by atoms with Gasteiger partial charge in [0.15, 0.2) is 0 Å². The van der Waals surface area contributed by atoms with Crippen LogP contribution < -0.4 is 5.73 Å². The van der Waals surface area contributed by atoms with E-state index in [4.69, 9.17) is 11.0 Å². The molecule has 0 aliphatic heterocycles. The number of rotatable bonds is 0. The summed E-state index contributed by atoms with van der Waals surface area (Å²) in [5, 5.41) is 8.90. The third kappa shape index (κ3) is 0.954. The Balaban J connectivity index is 2.20. The molecule has 2 fully saturated rings. The standard InChI is InChI=1S/C9H14N2/c10-6-9(11)4-3-7-1-2-8(9)5-7/h7-8H,1-5,11H2/t7-,8-,9+/m0/s1. The van der Waals surface area contributed by atoms with E-state index in [1.165, 1.54) is 25.7 Å². The average molecular weight is 150 g/mol. The van der Waals surface area contributed by atoms with E-state index in [2.05, 4.69) is 6.07 Å². The van der Waals surface area contributed by atoms with E-state index in [0.29, 0.717) is 5.92 Å². The number of hydrogen-bond donors (Lipinski definition) is 1. The molecule has 2 aliphatic carbocycles. The van der Waals surface area contributed by atoms with Gasteiger partial charge in [0.25, 0.3) is 0 Å². The number of fused-ring (bicyclic) bond motifs is 2. The van der Waals surface area contributed by atoms with Crippen LogP contribution in [-0.4, -0.2) is 5.54 Å². The molecule has 2 rings (SSSR count). The highest BCUT2D eigenvalue weighted by Gasteiger charge is 2.44. The maximum atomic E-state index is 8.90. The van der Waals surface area contributed by atoms with Gasteiger partial charge < -0.3 is 5.73 Å². The highest BCUT2D eigenvalue weighted by molar-refractivity contribution is 5.13. The van der Waals surface area contributed by atoms with E-state index >= 15 is 0 Å². The molecule has 11 heavy (non-hydrogen) atoms. The van der Waals surface area contributed by atoms with Crippen LogP contribution in [0.4, 0.5) is 0 Å². The molecule has 2 aliphatic rings. The smallest absolute Gasteiger partial charge is 0.107 e. The van der Waals surface area contributed by atoms with Crippen LogP contribution >= 0.6 is 0 Å². The summed E-state index contributed by atoms with van der Waals surface area (Å²) in [5.74, 6) is 1.40. The fourth-order valence-electron chi connectivity index (χ4n) is 2.60. The summed E-state index contributed by atoms with van der Waals surface area (Å²) in [5.41, 5.74) is 5.51. The van der Waals surface area contributed by atoms with Gasteiger partial charge in [0.05, 0.1) is 6.07 Å². The molecule has 3 atom stereocenters. The molecule has 2 N–H and O–H groups in total. The van der Waals surface area contributed by atoms with Crippen molar-refractivity contribution in [1.29, 1.82) is 5.26 Å². The molecule has 0 heterocycles. The Morgan fingerprint density at radius 1 is 1.36 bits per heavy atom. The maximum Gasteiger partial charge on any atom is 0.107 e. The Kier molecular flexibility index (Phi) is 1.43. The highest BCUT2D eigenvalue weighted by Crippen LogP contribution is 2.45. The molecular formula is C9H14N2. The van der Waals surface area contributed by atoms with Gasteiger partial charge in [-0.05, 0) is 37.5 Å². The van der Waals surface area contributed by atoms with Crippen molar-refractivity contribution in [1.82, 2.24) is 0 Å². The Bertz CT molecular complexity index is 206. The lowest BCUT2D eigenvalue weighted by Gasteiger charge is -2.32. The lowest BCUT2D eigenvalue weighted by Crippen LogP contribution is -2.46. The molecular weight excluding hydrogens is 136 g/mol. The van der Waals surface area contributed by atoms with Crippen LogP contribution in [-0.2, 0) is 0 Å². The topological polar surface area (TPSA) is 49.8 Å². The maximum absolute atomic E-state index is 8.90. The fraction of sp³-hybridized carbons (Fsp3) is 0.889. The van der Waals surface area contributed by atoms with Crippen LogP contribution in [0.25, 0.3) is 0 Å². The summed E-state index contributed by atoms with van der Waals surface area (Å²) in [6, 6.07) is 2.29. The highest BCUT2D eigenvalue weighted by atomic mass is 14.8. The molecule has 0 radical (unpaired) electrons. The quantitative estimate of drug-likeness (QED) is 0.567.